The number of aliphatic hydroxyl groups excluding tert-OH is 1. The van der Waals surface area contributed by atoms with Crippen molar-refractivity contribution in [1.29, 1.82) is 0 Å². The van der Waals surface area contributed by atoms with Crippen molar-refractivity contribution in [3.05, 3.63) is 48.5 Å². The first-order valence-electron chi connectivity index (χ1n) is 19.8. The molecule has 1 heterocycles. The Bertz CT molecular complexity index is 1560. The zero-order valence-corrected chi connectivity index (χ0v) is 35.5. The van der Waals surface area contributed by atoms with E-state index >= 15 is 0 Å². The maximum absolute atomic E-state index is 13.5. The largest absolute Gasteiger partial charge is 0.507 e. The number of unbranched alkanes of at least 4 members (excludes halogenated alkanes) is 1. The van der Waals surface area contributed by atoms with Crippen LogP contribution in [0.5, 0.6) is 0 Å². The molecule has 0 spiro atoms. The summed E-state index contributed by atoms with van der Waals surface area (Å²) in [6.07, 6.45) is 6.44. The van der Waals surface area contributed by atoms with Crippen LogP contribution in [0, 0.1) is 5.41 Å². The number of thioether (sulfide) groups is 1. The molecular weight excluding hydrogens is 773 g/mol. The molecule has 3 rings (SSSR count). The van der Waals surface area contributed by atoms with Crippen molar-refractivity contribution in [3.8, 4) is 0 Å². The summed E-state index contributed by atoms with van der Waals surface area (Å²) in [5.41, 5.74) is 0.156. The number of hydrogen-bond donors (Lipinski definition) is 4. The molecule has 3 atom stereocenters. The van der Waals surface area contributed by atoms with Gasteiger partial charge in [-0.3, -0.25) is 24.1 Å². The van der Waals surface area contributed by atoms with Gasteiger partial charge in [-0.2, -0.15) is 0 Å². The molecule has 12 nitrogen and oxygen atoms in total. The van der Waals surface area contributed by atoms with E-state index in [9.17, 15) is 27.6 Å². The number of ether oxygens (including phenoxy) is 1. The number of hydrogen-bond acceptors (Lipinski definition) is 11. The number of aliphatic hydroxyl groups is 1. The molecule has 2 aromatic carbocycles. The van der Waals surface area contributed by atoms with Crippen LogP contribution < -0.4 is 16.0 Å². The molecular formula is C41H60N4O8S3+2. The lowest BCUT2D eigenvalue weighted by Crippen LogP contribution is -2.47. The predicted octanol–water partition coefficient (Wildman–Crippen LogP) is 5.95. The predicted molar refractivity (Wildman–Crippen MR) is 222 cm³/mol. The molecule has 1 aliphatic heterocycles. The first kappa shape index (κ1) is 47.0. The summed E-state index contributed by atoms with van der Waals surface area (Å²) >= 11 is 2.49. The molecule has 0 radical (unpaired) electrons. The Labute approximate surface area is 344 Å². The van der Waals surface area contributed by atoms with Gasteiger partial charge in [0.05, 0.1) is 18.7 Å². The highest BCUT2D eigenvalue weighted by Gasteiger charge is 2.35. The number of benzene rings is 2. The number of Topliss-reactive ketones (excluding diaryl/α,β-unsaturated/α-hetero) is 1. The molecule has 0 aromatic heterocycles. The van der Waals surface area contributed by atoms with Crippen LogP contribution in [0.3, 0.4) is 0 Å². The lowest BCUT2D eigenvalue weighted by molar-refractivity contribution is -0.144. The van der Waals surface area contributed by atoms with Gasteiger partial charge >= 0.3 is 34.2 Å². The Kier molecular flexibility index (Phi) is 21.7. The maximum Gasteiger partial charge on any atom is 0.507 e. The van der Waals surface area contributed by atoms with Crippen LogP contribution in [0.2, 0.25) is 0 Å². The van der Waals surface area contributed by atoms with E-state index in [1.54, 1.807) is 30.0 Å². The van der Waals surface area contributed by atoms with Gasteiger partial charge in [-0.05, 0) is 82.5 Å². The van der Waals surface area contributed by atoms with Crippen LogP contribution in [0.15, 0.2) is 63.2 Å². The maximum atomic E-state index is 13.5. The van der Waals surface area contributed by atoms with Crippen LogP contribution >= 0.6 is 11.8 Å². The Hall–Kier alpha value is -3.37. The van der Waals surface area contributed by atoms with Gasteiger partial charge in [0.1, 0.15) is 12.3 Å². The van der Waals surface area contributed by atoms with E-state index in [1.165, 1.54) is 0 Å². The number of nitrogens with one attached hydrogen (secondary N) is 3. The molecule has 56 heavy (non-hydrogen) atoms. The Balaban J connectivity index is 1.47. The quantitative estimate of drug-likeness (QED) is 0.0346. The van der Waals surface area contributed by atoms with Crippen molar-refractivity contribution in [1.82, 2.24) is 15.5 Å². The average molecular weight is 833 g/mol. The molecule has 308 valence electrons. The smallest absolute Gasteiger partial charge is 0.464 e. The Morgan fingerprint density at radius 1 is 0.982 bits per heavy atom. The van der Waals surface area contributed by atoms with Crippen molar-refractivity contribution in [2.75, 3.05) is 43.9 Å². The van der Waals surface area contributed by atoms with E-state index in [1.807, 2.05) is 39.0 Å². The van der Waals surface area contributed by atoms with Crippen LogP contribution in [0.25, 0.3) is 0 Å². The number of ketones is 1. The third-order valence-corrected chi connectivity index (χ3v) is 12.7. The van der Waals surface area contributed by atoms with Gasteiger partial charge < -0.3 is 25.8 Å². The summed E-state index contributed by atoms with van der Waals surface area (Å²) in [7, 11) is 0. The standard InChI is InChI=1S/C41H58N4O8S3/c1-4-41(3,5-2)40(50)35(16-9-10-22-42-37(47)21-25-46)44-38(48)17-11-18-39(49)53-26-24-45-23-12-13-31(45)27-30(29-54-32-14-7-6-8-15-32)43-34-20-19-33(55-51)28-36(34)56-52/h6-8,14-15,19-20,28,30-31,35,46H,4-5,9-13,16-18,21-27,29H2,1-3H3,(H-2,42,43,44,47,48,51,52)/p+2/t30-,31+,35?/m1/s1. The summed E-state index contributed by atoms with van der Waals surface area (Å²) in [5.74, 6) is -0.0989. The number of anilines is 1. The van der Waals surface area contributed by atoms with E-state index in [-0.39, 0.29) is 68.1 Å². The van der Waals surface area contributed by atoms with Crippen LogP contribution in [-0.4, -0.2) is 90.3 Å². The number of amides is 2. The minimum absolute atomic E-state index is 0.00304. The van der Waals surface area contributed by atoms with E-state index in [0.29, 0.717) is 90.4 Å². The Morgan fingerprint density at radius 2 is 1.75 bits per heavy atom. The second kappa shape index (κ2) is 25.8. The van der Waals surface area contributed by atoms with Crippen LogP contribution in [0.1, 0.15) is 97.8 Å². The van der Waals surface area contributed by atoms with Crippen molar-refractivity contribution in [3.63, 3.8) is 0 Å². The number of carbonyl (C=O) groups excluding carboxylic acids is 4. The molecule has 0 bridgehead atoms. The number of rotatable bonds is 28. The molecule has 4 N–H and O–H groups in total. The lowest BCUT2D eigenvalue weighted by Gasteiger charge is -2.30. The fourth-order valence-electron chi connectivity index (χ4n) is 6.82. The van der Waals surface area contributed by atoms with Gasteiger partial charge in [-0.25, -0.2) is 0 Å². The summed E-state index contributed by atoms with van der Waals surface area (Å²) in [6, 6.07) is 15.0. The molecule has 0 aliphatic carbocycles. The minimum atomic E-state index is -0.649. The van der Waals surface area contributed by atoms with E-state index in [0.717, 1.165) is 36.5 Å². The monoisotopic (exact) mass is 832 g/mol. The number of esters is 1. The molecule has 1 saturated heterocycles. The summed E-state index contributed by atoms with van der Waals surface area (Å²) < 4.78 is 28.9. The first-order chi connectivity index (χ1) is 27.0. The highest BCUT2D eigenvalue weighted by Crippen LogP contribution is 2.30. The fraction of sp³-hybridized carbons (Fsp3) is 0.610. The average Bonchev–Trinajstić information content (AvgIpc) is 3.65. The zero-order chi connectivity index (χ0) is 40.8. The SMILES string of the molecule is CCC(C)(CC)C(=O)C(CCCCNC(=O)CCO)NC(=O)CCCC(=O)OCCN1CCC[C@H]1C[C@H](CSc1ccccc1)Nc1ccc([S+]=O)cc1[S+]=O. The van der Waals surface area contributed by atoms with Crippen LogP contribution in [0.4, 0.5) is 5.69 Å². The summed E-state index contributed by atoms with van der Waals surface area (Å²) in [6.45, 7) is 7.82. The van der Waals surface area contributed by atoms with Gasteiger partial charge in [0.2, 0.25) is 11.8 Å². The molecule has 2 aromatic rings. The van der Waals surface area contributed by atoms with Gasteiger partial charge in [0.15, 0.2) is 5.78 Å². The summed E-state index contributed by atoms with van der Waals surface area (Å²) in [5, 5.41) is 18.2. The summed E-state index contributed by atoms with van der Waals surface area (Å²) in [4.78, 5) is 55.3. The van der Waals surface area contributed by atoms with Gasteiger partial charge in [0, 0.05) is 75.0 Å². The Morgan fingerprint density at radius 3 is 2.45 bits per heavy atom. The van der Waals surface area contributed by atoms with Crippen molar-refractivity contribution >= 4 is 64.3 Å². The second-order valence-electron chi connectivity index (χ2n) is 14.5. The lowest BCUT2D eigenvalue weighted by atomic mass is 9.76. The zero-order valence-electron chi connectivity index (χ0n) is 33.1. The molecule has 15 heteroatoms. The highest BCUT2D eigenvalue weighted by molar-refractivity contribution is 7.99. The van der Waals surface area contributed by atoms with Crippen molar-refractivity contribution in [2.45, 2.75) is 131 Å². The second-order valence-corrected chi connectivity index (χ2v) is 16.8. The molecule has 1 fully saturated rings. The third kappa shape index (κ3) is 16.2. The third-order valence-electron chi connectivity index (χ3n) is 10.6. The van der Waals surface area contributed by atoms with Crippen molar-refractivity contribution < 1.29 is 37.4 Å². The van der Waals surface area contributed by atoms with Crippen molar-refractivity contribution in [2.24, 2.45) is 5.41 Å². The number of carbonyl (C=O) groups is 4. The van der Waals surface area contributed by atoms with Gasteiger partial charge in [0.25, 0.3) is 4.90 Å². The fourth-order valence-corrected chi connectivity index (χ4v) is 8.54. The number of nitrogens with zero attached hydrogens (tertiary/aromatic N) is 1. The highest BCUT2D eigenvalue weighted by atomic mass is 32.2. The van der Waals surface area contributed by atoms with E-state index < -0.39 is 11.5 Å². The van der Waals surface area contributed by atoms with E-state index in [4.69, 9.17) is 9.84 Å². The molecule has 1 unspecified atom stereocenters. The first-order valence-corrected chi connectivity index (χ1v) is 22.3. The minimum Gasteiger partial charge on any atom is -0.464 e. The normalized spacial score (nSPS) is 15.4. The molecule has 1 aliphatic rings. The molecule has 0 saturated carbocycles. The van der Waals surface area contributed by atoms with Crippen LogP contribution in [-0.2, 0) is 55.7 Å². The molecule has 2 amide bonds. The topological polar surface area (TPSA) is 171 Å². The van der Waals surface area contributed by atoms with E-state index in [2.05, 4.69) is 33.0 Å². The van der Waals surface area contributed by atoms with Gasteiger partial charge in [-0.1, -0.05) is 39.0 Å². The van der Waals surface area contributed by atoms with Gasteiger partial charge in [-0.15, -0.1) is 11.8 Å². The number of likely N-dealkylation sites (tertiary alicyclic amines) is 1.